The number of rotatable bonds is 11. The highest BCUT2D eigenvalue weighted by Crippen LogP contribution is 2.34. The number of benzene rings is 2. The highest BCUT2D eigenvalue weighted by molar-refractivity contribution is 9.10. The number of carbonyl (C=O) groups is 2. The Balaban J connectivity index is 1.85. The first-order valence-corrected chi connectivity index (χ1v) is 12.1. The lowest BCUT2D eigenvalue weighted by Gasteiger charge is -2.31. The fourth-order valence-electron chi connectivity index (χ4n) is 4.12. The molecule has 0 bridgehead atoms. The van der Waals surface area contributed by atoms with E-state index in [1.165, 1.54) is 7.11 Å². The standard InChI is InChI=1S/C27H36BrNO4/c1-26(2,20-29(4)25(31)33-19-21-12-7-6-8-13-21)16-9-10-17-27(3,24(30)32-5)22-14-11-15-23(28)18-22/h6-8,11-15,18H,9-10,16-17,19-20H2,1-5H3. The second kappa shape index (κ2) is 12.2. The van der Waals surface area contributed by atoms with Crippen LogP contribution in [0.25, 0.3) is 0 Å². The Morgan fingerprint density at radius 2 is 1.64 bits per heavy atom. The minimum atomic E-state index is -0.694. The molecule has 2 aromatic carbocycles. The van der Waals surface area contributed by atoms with Crippen molar-refractivity contribution in [3.63, 3.8) is 0 Å². The van der Waals surface area contributed by atoms with Gasteiger partial charge in [-0.25, -0.2) is 4.79 Å². The van der Waals surface area contributed by atoms with Crippen LogP contribution in [0, 0.1) is 5.41 Å². The minimum Gasteiger partial charge on any atom is -0.468 e. The van der Waals surface area contributed by atoms with E-state index >= 15 is 0 Å². The highest BCUT2D eigenvalue weighted by Gasteiger charge is 2.36. The summed E-state index contributed by atoms with van der Waals surface area (Å²) < 4.78 is 11.5. The summed E-state index contributed by atoms with van der Waals surface area (Å²) >= 11 is 3.50. The van der Waals surface area contributed by atoms with Crippen LogP contribution < -0.4 is 0 Å². The lowest BCUT2D eigenvalue weighted by atomic mass is 9.77. The SMILES string of the molecule is COC(=O)C(C)(CCCCC(C)(C)CN(C)C(=O)OCc1ccccc1)c1cccc(Br)c1. The number of esters is 1. The quantitative estimate of drug-likeness (QED) is 0.244. The molecule has 0 aliphatic heterocycles. The van der Waals surface area contributed by atoms with Gasteiger partial charge in [0, 0.05) is 18.1 Å². The second-order valence-corrected chi connectivity index (χ2v) is 10.5. The number of hydrogen-bond acceptors (Lipinski definition) is 4. The van der Waals surface area contributed by atoms with E-state index in [2.05, 4.69) is 29.8 Å². The van der Waals surface area contributed by atoms with Crippen molar-refractivity contribution in [1.29, 1.82) is 0 Å². The van der Waals surface area contributed by atoms with E-state index in [0.29, 0.717) is 13.0 Å². The molecule has 0 aliphatic rings. The summed E-state index contributed by atoms with van der Waals surface area (Å²) in [7, 11) is 3.21. The molecule has 6 heteroatoms. The van der Waals surface area contributed by atoms with Gasteiger partial charge < -0.3 is 14.4 Å². The van der Waals surface area contributed by atoms with Crippen LogP contribution in [0.4, 0.5) is 4.79 Å². The van der Waals surface area contributed by atoms with E-state index in [4.69, 9.17) is 9.47 Å². The molecule has 2 rings (SSSR count). The van der Waals surface area contributed by atoms with Gasteiger partial charge in [0.15, 0.2) is 0 Å². The van der Waals surface area contributed by atoms with Gasteiger partial charge in [0.25, 0.3) is 0 Å². The lowest BCUT2D eigenvalue weighted by Crippen LogP contribution is -2.36. The van der Waals surface area contributed by atoms with Gasteiger partial charge in [0.2, 0.25) is 0 Å². The van der Waals surface area contributed by atoms with E-state index in [1.54, 1.807) is 11.9 Å². The Morgan fingerprint density at radius 3 is 2.27 bits per heavy atom. The molecule has 0 N–H and O–H groups in total. The molecule has 0 saturated heterocycles. The van der Waals surface area contributed by atoms with Crippen LogP contribution in [0.5, 0.6) is 0 Å². The molecule has 180 valence electrons. The van der Waals surface area contributed by atoms with Gasteiger partial charge in [-0.15, -0.1) is 0 Å². The number of halogens is 1. The van der Waals surface area contributed by atoms with E-state index in [1.807, 2.05) is 61.5 Å². The van der Waals surface area contributed by atoms with Crippen molar-refractivity contribution in [3.8, 4) is 0 Å². The predicted molar refractivity (Wildman–Crippen MR) is 135 cm³/mol. The molecule has 0 fully saturated rings. The Labute approximate surface area is 206 Å². The van der Waals surface area contributed by atoms with Gasteiger partial charge in [0.05, 0.1) is 12.5 Å². The van der Waals surface area contributed by atoms with Gasteiger partial charge in [0.1, 0.15) is 6.61 Å². The van der Waals surface area contributed by atoms with Crippen LogP contribution >= 0.6 is 15.9 Å². The van der Waals surface area contributed by atoms with Crippen LogP contribution in [-0.2, 0) is 26.3 Å². The van der Waals surface area contributed by atoms with E-state index < -0.39 is 5.41 Å². The summed E-state index contributed by atoms with van der Waals surface area (Å²) in [5, 5.41) is 0. The Hall–Kier alpha value is -2.34. The van der Waals surface area contributed by atoms with Gasteiger partial charge in [-0.3, -0.25) is 4.79 Å². The summed E-state index contributed by atoms with van der Waals surface area (Å²) in [6, 6.07) is 17.5. The third kappa shape index (κ3) is 8.18. The van der Waals surface area contributed by atoms with Crippen LogP contribution in [-0.4, -0.2) is 37.7 Å². The molecule has 1 atom stereocenters. The normalized spacial score (nSPS) is 13.2. The Kier molecular flexibility index (Phi) is 9.96. The molecule has 33 heavy (non-hydrogen) atoms. The van der Waals surface area contributed by atoms with Crippen LogP contribution in [0.3, 0.4) is 0 Å². The van der Waals surface area contributed by atoms with Crippen LogP contribution in [0.15, 0.2) is 59.1 Å². The first-order chi connectivity index (χ1) is 15.6. The Morgan fingerprint density at radius 1 is 0.970 bits per heavy atom. The molecular weight excluding hydrogens is 482 g/mol. The molecule has 0 saturated carbocycles. The van der Waals surface area contributed by atoms with Crippen molar-refractivity contribution in [2.45, 2.75) is 58.5 Å². The summed E-state index contributed by atoms with van der Waals surface area (Å²) in [4.78, 5) is 26.7. The number of hydrogen-bond donors (Lipinski definition) is 0. The summed E-state index contributed by atoms with van der Waals surface area (Å²) in [5.41, 5.74) is 1.15. The summed E-state index contributed by atoms with van der Waals surface area (Å²) in [6.45, 7) is 7.12. The summed E-state index contributed by atoms with van der Waals surface area (Å²) in [6.07, 6.45) is 3.13. The molecule has 2 aromatic rings. The van der Waals surface area contributed by atoms with Gasteiger partial charge in [-0.1, -0.05) is 85.1 Å². The molecule has 0 radical (unpaired) electrons. The van der Waals surface area contributed by atoms with Crippen molar-refractivity contribution in [2.75, 3.05) is 20.7 Å². The van der Waals surface area contributed by atoms with Crippen molar-refractivity contribution in [2.24, 2.45) is 5.41 Å². The maximum absolute atomic E-state index is 12.6. The topological polar surface area (TPSA) is 55.8 Å². The van der Waals surface area contributed by atoms with E-state index in [0.717, 1.165) is 34.9 Å². The smallest absolute Gasteiger partial charge is 0.409 e. The fraction of sp³-hybridized carbons (Fsp3) is 0.481. The first-order valence-electron chi connectivity index (χ1n) is 11.3. The average molecular weight is 518 g/mol. The number of ether oxygens (including phenoxy) is 2. The molecule has 0 aliphatic carbocycles. The van der Waals surface area contributed by atoms with Crippen molar-refractivity contribution in [3.05, 3.63) is 70.2 Å². The predicted octanol–water partition coefficient (Wildman–Crippen LogP) is 6.74. The zero-order valence-corrected chi connectivity index (χ0v) is 22.0. The number of methoxy groups -OCH3 is 1. The van der Waals surface area contributed by atoms with Crippen molar-refractivity contribution in [1.82, 2.24) is 4.90 Å². The lowest BCUT2D eigenvalue weighted by molar-refractivity contribution is -0.147. The third-order valence-electron chi connectivity index (χ3n) is 6.06. The molecule has 1 unspecified atom stereocenters. The number of carbonyl (C=O) groups excluding carboxylic acids is 2. The maximum atomic E-state index is 12.6. The number of amides is 1. The van der Waals surface area contributed by atoms with Gasteiger partial charge in [-0.2, -0.15) is 0 Å². The zero-order valence-electron chi connectivity index (χ0n) is 20.4. The largest absolute Gasteiger partial charge is 0.468 e. The average Bonchev–Trinajstić information content (AvgIpc) is 2.79. The Bertz CT molecular complexity index is 915. The molecule has 0 spiro atoms. The van der Waals surface area contributed by atoms with Gasteiger partial charge >= 0.3 is 12.1 Å². The molecule has 5 nitrogen and oxygen atoms in total. The monoisotopic (exact) mass is 517 g/mol. The number of nitrogens with zero attached hydrogens (tertiary/aromatic N) is 1. The molecular formula is C27H36BrNO4. The van der Waals surface area contributed by atoms with Crippen molar-refractivity contribution < 1.29 is 19.1 Å². The van der Waals surface area contributed by atoms with E-state index in [9.17, 15) is 9.59 Å². The zero-order chi connectivity index (χ0) is 24.5. The van der Waals surface area contributed by atoms with Crippen LogP contribution in [0.2, 0.25) is 0 Å². The summed E-state index contributed by atoms with van der Waals surface area (Å²) in [5.74, 6) is -0.222. The van der Waals surface area contributed by atoms with E-state index in [-0.39, 0.29) is 24.1 Å². The molecule has 0 aromatic heterocycles. The first kappa shape index (κ1) is 26.9. The van der Waals surface area contributed by atoms with Crippen LogP contribution in [0.1, 0.15) is 57.6 Å². The highest BCUT2D eigenvalue weighted by atomic mass is 79.9. The molecule has 0 heterocycles. The second-order valence-electron chi connectivity index (χ2n) is 9.60. The maximum Gasteiger partial charge on any atom is 0.409 e. The fourth-order valence-corrected chi connectivity index (χ4v) is 4.52. The third-order valence-corrected chi connectivity index (χ3v) is 6.55. The molecule has 1 amide bonds. The number of unbranched alkanes of at least 4 members (excludes halogenated alkanes) is 1. The van der Waals surface area contributed by atoms with Gasteiger partial charge in [-0.05, 0) is 48.4 Å². The minimum absolute atomic E-state index is 0.0715. The van der Waals surface area contributed by atoms with Crippen molar-refractivity contribution >= 4 is 28.0 Å².